The highest BCUT2D eigenvalue weighted by Crippen LogP contribution is 2.22. The van der Waals surface area contributed by atoms with Crippen LogP contribution in [0.15, 0.2) is 24.5 Å². The molecule has 2 aliphatic rings. The van der Waals surface area contributed by atoms with Crippen LogP contribution in [0.3, 0.4) is 0 Å². The zero-order valence-corrected chi connectivity index (χ0v) is 17.7. The number of hydrogen-bond acceptors (Lipinski definition) is 6. The smallest absolute Gasteiger partial charge is 0.225 e. The van der Waals surface area contributed by atoms with Crippen LogP contribution in [0, 0.1) is 10.7 Å². The number of amides is 1. The summed E-state index contributed by atoms with van der Waals surface area (Å²) in [5.41, 5.74) is 1.02. The van der Waals surface area contributed by atoms with Crippen molar-refractivity contribution in [2.24, 2.45) is 5.92 Å². The van der Waals surface area contributed by atoms with Crippen molar-refractivity contribution in [2.75, 3.05) is 39.4 Å². The number of carbonyl (C=O) groups is 1. The second-order valence-electron chi connectivity index (χ2n) is 7.56. The zero-order valence-electron chi connectivity index (χ0n) is 16.9. The van der Waals surface area contributed by atoms with E-state index in [4.69, 9.17) is 22.1 Å². The third kappa shape index (κ3) is 4.41. The Bertz CT molecular complexity index is 882. The highest BCUT2D eigenvalue weighted by atomic mass is 32.1. The van der Waals surface area contributed by atoms with Crippen molar-refractivity contribution < 1.29 is 9.53 Å². The average molecular weight is 417 g/mol. The first-order chi connectivity index (χ1) is 14.2. The third-order valence-electron chi connectivity index (χ3n) is 5.77. The SMILES string of the molecule is CCn1c(-c2ccncc2)nn(CN2CCC(C(=O)N3CCOCC3)CC2)c1=S. The van der Waals surface area contributed by atoms with E-state index in [9.17, 15) is 4.79 Å². The molecule has 2 aliphatic heterocycles. The number of aromatic nitrogens is 4. The summed E-state index contributed by atoms with van der Waals surface area (Å²) in [4.78, 5) is 21.1. The fraction of sp³-hybridized carbons (Fsp3) is 0.600. The molecule has 0 bridgehead atoms. The van der Waals surface area contributed by atoms with E-state index in [2.05, 4.69) is 21.4 Å². The van der Waals surface area contributed by atoms with E-state index < -0.39 is 0 Å². The largest absolute Gasteiger partial charge is 0.378 e. The molecule has 0 aliphatic carbocycles. The maximum Gasteiger partial charge on any atom is 0.225 e. The second-order valence-corrected chi connectivity index (χ2v) is 7.92. The summed E-state index contributed by atoms with van der Waals surface area (Å²) in [5.74, 6) is 1.29. The van der Waals surface area contributed by atoms with E-state index in [1.807, 2.05) is 21.7 Å². The molecule has 156 valence electrons. The fourth-order valence-electron chi connectivity index (χ4n) is 4.09. The lowest BCUT2D eigenvalue weighted by Crippen LogP contribution is -2.47. The van der Waals surface area contributed by atoms with Gasteiger partial charge < -0.3 is 14.2 Å². The van der Waals surface area contributed by atoms with Gasteiger partial charge in [0.25, 0.3) is 0 Å². The second kappa shape index (κ2) is 9.15. The molecule has 0 spiro atoms. The molecule has 4 heterocycles. The summed E-state index contributed by atoms with van der Waals surface area (Å²) in [5, 5.41) is 4.79. The lowest BCUT2D eigenvalue weighted by Gasteiger charge is -2.35. The van der Waals surface area contributed by atoms with Gasteiger partial charge in [-0.3, -0.25) is 14.7 Å². The van der Waals surface area contributed by atoms with Crippen LogP contribution in [0.25, 0.3) is 11.4 Å². The number of hydrogen-bond donors (Lipinski definition) is 0. The van der Waals surface area contributed by atoms with Crippen LogP contribution in [-0.2, 0) is 22.7 Å². The molecule has 2 aromatic heterocycles. The number of nitrogens with zero attached hydrogens (tertiary/aromatic N) is 6. The van der Waals surface area contributed by atoms with Crippen LogP contribution < -0.4 is 0 Å². The Kier molecular flexibility index (Phi) is 6.37. The van der Waals surface area contributed by atoms with Gasteiger partial charge in [0.2, 0.25) is 5.91 Å². The molecular formula is C20H28N6O2S. The van der Waals surface area contributed by atoms with Crippen LogP contribution >= 0.6 is 12.2 Å². The minimum absolute atomic E-state index is 0.123. The van der Waals surface area contributed by atoms with Gasteiger partial charge in [-0.1, -0.05) is 0 Å². The number of carbonyl (C=O) groups excluding carboxylic acids is 1. The zero-order chi connectivity index (χ0) is 20.2. The molecule has 0 radical (unpaired) electrons. The Labute approximate surface area is 176 Å². The van der Waals surface area contributed by atoms with E-state index in [1.54, 1.807) is 12.4 Å². The van der Waals surface area contributed by atoms with Crippen molar-refractivity contribution in [1.82, 2.24) is 29.1 Å². The molecular weight excluding hydrogens is 388 g/mol. The first-order valence-corrected chi connectivity index (χ1v) is 10.7. The minimum Gasteiger partial charge on any atom is -0.378 e. The maximum absolute atomic E-state index is 12.7. The fourth-order valence-corrected chi connectivity index (χ4v) is 4.40. The van der Waals surface area contributed by atoms with E-state index in [0.717, 1.165) is 61.7 Å². The predicted molar refractivity (Wildman–Crippen MR) is 112 cm³/mol. The molecule has 2 saturated heterocycles. The number of piperidine rings is 1. The van der Waals surface area contributed by atoms with Crippen molar-refractivity contribution in [3.63, 3.8) is 0 Å². The standard InChI is InChI=1S/C20H28N6O2S/c1-2-25-18(16-3-7-21-8-4-16)22-26(20(25)29)15-23-9-5-17(6-10-23)19(27)24-11-13-28-14-12-24/h3-4,7-8,17H,2,5-6,9-15H2,1H3. The molecule has 2 fully saturated rings. The van der Waals surface area contributed by atoms with Crippen LogP contribution in [-0.4, -0.2) is 74.4 Å². The molecule has 2 aromatic rings. The lowest BCUT2D eigenvalue weighted by molar-refractivity contribution is -0.141. The van der Waals surface area contributed by atoms with Crippen LogP contribution in [0.4, 0.5) is 0 Å². The molecule has 0 saturated carbocycles. The van der Waals surface area contributed by atoms with Gasteiger partial charge in [0, 0.05) is 56.6 Å². The van der Waals surface area contributed by atoms with Crippen molar-refractivity contribution in [3.05, 3.63) is 29.3 Å². The molecule has 8 nitrogen and oxygen atoms in total. The molecule has 9 heteroatoms. The van der Waals surface area contributed by atoms with E-state index in [1.165, 1.54) is 0 Å². The maximum atomic E-state index is 12.7. The van der Waals surface area contributed by atoms with Crippen molar-refractivity contribution in [1.29, 1.82) is 0 Å². The number of pyridine rings is 1. The van der Waals surface area contributed by atoms with Gasteiger partial charge in [0.15, 0.2) is 10.6 Å². The van der Waals surface area contributed by atoms with Gasteiger partial charge in [0.1, 0.15) is 0 Å². The summed E-state index contributed by atoms with van der Waals surface area (Å²) in [6.07, 6.45) is 5.31. The topological polar surface area (TPSA) is 68.4 Å². The number of ether oxygens (including phenoxy) is 1. The quantitative estimate of drug-likeness (QED) is 0.695. The Hall–Kier alpha value is -2.10. The first kappa shape index (κ1) is 20.2. The van der Waals surface area contributed by atoms with E-state index >= 15 is 0 Å². The molecule has 1 amide bonds. The summed E-state index contributed by atoms with van der Waals surface area (Å²) >= 11 is 5.68. The van der Waals surface area contributed by atoms with Gasteiger partial charge in [-0.25, -0.2) is 4.68 Å². The van der Waals surface area contributed by atoms with Crippen LogP contribution in [0.1, 0.15) is 19.8 Å². The van der Waals surface area contributed by atoms with Crippen LogP contribution in [0.2, 0.25) is 0 Å². The Morgan fingerprint density at radius 3 is 2.52 bits per heavy atom. The molecule has 0 unspecified atom stereocenters. The van der Waals surface area contributed by atoms with Crippen molar-refractivity contribution >= 4 is 18.1 Å². The monoisotopic (exact) mass is 416 g/mol. The normalized spacial score (nSPS) is 18.9. The highest BCUT2D eigenvalue weighted by Gasteiger charge is 2.29. The van der Waals surface area contributed by atoms with Gasteiger partial charge in [0.05, 0.1) is 19.9 Å². The van der Waals surface area contributed by atoms with Crippen molar-refractivity contribution in [2.45, 2.75) is 33.0 Å². The number of morpholine rings is 1. The highest BCUT2D eigenvalue weighted by molar-refractivity contribution is 7.71. The number of rotatable bonds is 5. The van der Waals surface area contributed by atoms with Crippen molar-refractivity contribution in [3.8, 4) is 11.4 Å². The molecule has 29 heavy (non-hydrogen) atoms. The number of likely N-dealkylation sites (tertiary alicyclic amines) is 1. The molecule has 0 N–H and O–H groups in total. The van der Waals surface area contributed by atoms with Gasteiger partial charge >= 0.3 is 0 Å². The summed E-state index contributed by atoms with van der Waals surface area (Å²) in [7, 11) is 0. The molecule has 0 aromatic carbocycles. The first-order valence-electron chi connectivity index (χ1n) is 10.3. The minimum atomic E-state index is 0.123. The Balaban J connectivity index is 1.40. The van der Waals surface area contributed by atoms with E-state index in [0.29, 0.717) is 25.8 Å². The third-order valence-corrected chi connectivity index (χ3v) is 6.20. The average Bonchev–Trinajstić information content (AvgIpc) is 3.10. The van der Waals surface area contributed by atoms with Gasteiger partial charge in [-0.05, 0) is 44.1 Å². The van der Waals surface area contributed by atoms with E-state index in [-0.39, 0.29) is 5.92 Å². The predicted octanol–water partition coefficient (Wildman–Crippen LogP) is 2.02. The Morgan fingerprint density at radius 2 is 1.86 bits per heavy atom. The van der Waals surface area contributed by atoms with Gasteiger partial charge in [-0.2, -0.15) is 5.10 Å². The summed E-state index contributed by atoms with van der Waals surface area (Å²) < 4.78 is 10.0. The Morgan fingerprint density at radius 1 is 1.17 bits per heavy atom. The van der Waals surface area contributed by atoms with Crippen LogP contribution in [0.5, 0.6) is 0 Å². The summed E-state index contributed by atoms with van der Waals surface area (Å²) in [6, 6.07) is 3.91. The molecule has 0 atom stereocenters. The summed E-state index contributed by atoms with van der Waals surface area (Å²) in [6.45, 7) is 8.02. The molecule has 4 rings (SSSR count). The lowest BCUT2D eigenvalue weighted by atomic mass is 9.95. The van der Waals surface area contributed by atoms with Gasteiger partial charge in [-0.15, -0.1) is 0 Å².